The number of hydrogen-bond acceptors (Lipinski definition) is 8. The third-order valence-corrected chi connectivity index (χ3v) is 4.71. The first-order chi connectivity index (χ1) is 11.9. The molecule has 134 valence electrons. The van der Waals surface area contributed by atoms with E-state index in [4.69, 9.17) is 16.0 Å². The van der Waals surface area contributed by atoms with Crippen molar-refractivity contribution in [1.82, 2.24) is 9.97 Å². The van der Waals surface area contributed by atoms with Crippen LogP contribution in [0.2, 0.25) is 0 Å². The van der Waals surface area contributed by atoms with Crippen LogP contribution in [-0.2, 0) is 15.8 Å². The smallest absolute Gasteiger partial charge is 0.389 e. The maximum atomic E-state index is 12.6. The molecule has 0 aliphatic carbocycles. The SMILES string of the molecule is N=C(ON)c1nc(-c2ccc(C(F)(F)F)nc2)sc1N1CCOCC1. The van der Waals surface area contributed by atoms with Gasteiger partial charge in [-0.1, -0.05) is 11.3 Å². The lowest BCUT2D eigenvalue weighted by Crippen LogP contribution is -2.36. The molecule has 7 nitrogen and oxygen atoms in total. The molecule has 3 N–H and O–H groups in total. The van der Waals surface area contributed by atoms with Crippen LogP contribution in [0.15, 0.2) is 18.3 Å². The van der Waals surface area contributed by atoms with Crippen LogP contribution in [0.1, 0.15) is 11.4 Å². The molecule has 1 aliphatic heterocycles. The van der Waals surface area contributed by atoms with E-state index in [9.17, 15) is 13.2 Å². The summed E-state index contributed by atoms with van der Waals surface area (Å²) in [6.07, 6.45) is -3.39. The Morgan fingerprint density at radius 2 is 2.04 bits per heavy atom. The van der Waals surface area contributed by atoms with Crippen molar-refractivity contribution in [3.63, 3.8) is 0 Å². The van der Waals surface area contributed by atoms with Crippen LogP contribution in [0.25, 0.3) is 10.6 Å². The molecular weight excluding hydrogens is 359 g/mol. The third kappa shape index (κ3) is 3.72. The highest BCUT2D eigenvalue weighted by Crippen LogP contribution is 2.36. The first-order valence-corrected chi connectivity index (χ1v) is 8.04. The number of nitrogens with two attached hydrogens (primary N) is 1. The highest BCUT2D eigenvalue weighted by molar-refractivity contribution is 7.19. The first-order valence-electron chi connectivity index (χ1n) is 7.23. The van der Waals surface area contributed by atoms with E-state index in [1.807, 2.05) is 4.90 Å². The van der Waals surface area contributed by atoms with E-state index in [-0.39, 0.29) is 11.6 Å². The Bertz CT molecular complexity index is 757. The quantitative estimate of drug-likeness (QED) is 0.487. The molecule has 0 atom stereocenters. The van der Waals surface area contributed by atoms with E-state index in [1.54, 1.807) is 0 Å². The summed E-state index contributed by atoms with van der Waals surface area (Å²) in [5.41, 5.74) is -0.313. The molecule has 1 fully saturated rings. The molecule has 0 saturated carbocycles. The van der Waals surface area contributed by atoms with Crippen LogP contribution >= 0.6 is 11.3 Å². The molecule has 1 saturated heterocycles. The summed E-state index contributed by atoms with van der Waals surface area (Å²) >= 11 is 1.24. The van der Waals surface area contributed by atoms with E-state index in [2.05, 4.69) is 14.8 Å². The minimum absolute atomic E-state index is 0.240. The van der Waals surface area contributed by atoms with Gasteiger partial charge in [-0.25, -0.2) is 4.98 Å². The highest BCUT2D eigenvalue weighted by Gasteiger charge is 2.32. The Labute approximate surface area is 144 Å². The lowest BCUT2D eigenvalue weighted by molar-refractivity contribution is -0.141. The van der Waals surface area contributed by atoms with Gasteiger partial charge in [0.05, 0.1) is 13.2 Å². The standard InChI is InChI=1S/C14H14F3N5O2S/c15-14(16,17)9-2-1-8(7-20-9)12-21-10(11(18)24-19)13(25-12)22-3-5-23-6-4-22/h1-2,7,18H,3-6,19H2. The van der Waals surface area contributed by atoms with Crippen LogP contribution in [0.5, 0.6) is 0 Å². The summed E-state index contributed by atoms with van der Waals surface area (Å²) < 4.78 is 43.2. The van der Waals surface area contributed by atoms with Gasteiger partial charge in [0.25, 0.3) is 5.90 Å². The Morgan fingerprint density at radius 3 is 2.60 bits per heavy atom. The largest absolute Gasteiger partial charge is 0.433 e. The van der Waals surface area contributed by atoms with Gasteiger partial charge in [0.1, 0.15) is 15.7 Å². The number of nitrogens with zero attached hydrogens (tertiary/aromatic N) is 3. The molecule has 3 heterocycles. The number of aromatic nitrogens is 2. The average Bonchev–Trinajstić information content (AvgIpc) is 3.06. The molecule has 0 aromatic carbocycles. The molecule has 0 amide bonds. The fourth-order valence-corrected chi connectivity index (χ4v) is 3.41. The van der Waals surface area contributed by atoms with Crippen molar-refractivity contribution in [2.24, 2.45) is 5.90 Å². The minimum Gasteiger partial charge on any atom is -0.389 e. The summed E-state index contributed by atoms with van der Waals surface area (Å²) in [7, 11) is 0. The Kier molecular flexibility index (Phi) is 4.88. The van der Waals surface area contributed by atoms with Crippen molar-refractivity contribution in [1.29, 1.82) is 5.41 Å². The number of hydrogen-bond donors (Lipinski definition) is 2. The monoisotopic (exact) mass is 373 g/mol. The maximum absolute atomic E-state index is 12.6. The molecule has 1 aliphatic rings. The van der Waals surface area contributed by atoms with Crippen molar-refractivity contribution in [2.75, 3.05) is 31.2 Å². The second kappa shape index (κ2) is 6.94. The van der Waals surface area contributed by atoms with Gasteiger partial charge in [-0.05, 0) is 12.1 Å². The van der Waals surface area contributed by atoms with Crippen molar-refractivity contribution in [3.05, 3.63) is 29.7 Å². The van der Waals surface area contributed by atoms with Crippen LogP contribution in [0.3, 0.4) is 0 Å². The molecule has 11 heteroatoms. The van der Waals surface area contributed by atoms with Gasteiger partial charge in [0, 0.05) is 24.8 Å². The highest BCUT2D eigenvalue weighted by atomic mass is 32.1. The summed E-state index contributed by atoms with van der Waals surface area (Å²) in [5.74, 6) is 4.76. The minimum atomic E-state index is -4.50. The zero-order chi connectivity index (χ0) is 18.0. The number of alkyl halides is 3. The number of rotatable bonds is 3. The van der Waals surface area contributed by atoms with Crippen LogP contribution in [0, 0.1) is 5.41 Å². The van der Waals surface area contributed by atoms with E-state index in [0.717, 1.165) is 12.3 Å². The van der Waals surface area contributed by atoms with Gasteiger partial charge in [-0.3, -0.25) is 10.4 Å². The van der Waals surface area contributed by atoms with Gasteiger partial charge in [-0.15, -0.1) is 0 Å². The molecule has 0 bridgehead atoms. The van der Waals surface area contributed by atoms with Crippen molar-refractivity contribution >= 4 is 22.2 Å². The Morgan fingerprint density at radius 1 is 1.32 bits per heavy atom. The van der Waals surface area contributed by atoms with Gasteiger partial charge >= 0.3 is 6.18 Å². The summed E-state index contributed by atoms with van der Waals surface area (Å²) in [4.78, 5) is 14.2. The van der Waals surface area contributed by atoms with Crippen molar-refractivity contribution in [3.8, 4) is 10.6 Å². The number of halogens is 3. The zero-order valence-electron chi connectivity index (χ0n) is 12.8. The first kappa shape index (κ1) is 17.6. The number of pyridine rings is 1. The Hall–Kier alpha value is -2.24. The topological polar surface area (TPSA) is 97.3 Å². The number of nitrogens with one attached hydrogen (secondary N) is 1. The predicted octanol–water partition coefficient (Wildman–Crippen LogP) is 2.28. The van der Waals surface area contributed by atoms with Gasteiger partial charge in [-0.2, -0.15) is 19.1 Å². The van der Waals surface area contributed by atoms with E-state index < -0.39 is 11.9 Å². The normalized spacial score (nSPS) is 15.3. The van der Waals surface area contributed by atoms with E-state index in [0.29, 0.717) is 41.9 Å². The number of ether oxygens (including phenoxy) is 1. The summed E-state index contributed by atoms with van der Waals surface area (Å²) in [5, 5.41) is 8.90. The third-order valence-electron chi connectivity index (χ3n) is 3.54. The van der Waals surface area contributed by atoms with Crippen LogP contribution in [0.4, 0.5) is 18.2 Å². The van der Waals surface area contributed by atoms with Gasteiger partial charge < -0.3 is 14.5 Å². The Balaban J connectivity index is 1.96. The second-order valence-electron chi connectivity index (χ2n) is 5.15. The lowest BCUT2D eigenvalue weighted by atomic mass is 10.2. The van der Waals surface area contributed by atoms with Gasteiger partial charge in [0.2, 0.25) is 0 Å². The zero-order valence-corrected chi connectivity index (χ0v) is 13.7. The molecule has 3 rings (SSSR count). The molecule has 2 aromatic heterocycles. The number of thiazole rings is 1. The number of morpholine rings is 1. The molecular formula is C14H14F3N5O2S. The van der Waals surface area contributed by atoms with Crippen LogP contribution < -0.4 is 10.8 Å². The van der Waals surface area contributed by atoms with Gasteiger partial charge in [0.15, 0.2) is 5.69 Å². The molecule has 25 heavy (non-hydrogen) atoms. The number of anilines is 1. The molecule has 0 unspecified atom stereocenters. The van der Waals surface area contributed by atoms with Crippen molar-refractivity contribution in [2.45, 2.75) is 6.18 Å². The maximum Gasteiger partial charge on any atom is 0.433 e. The second-order valence-corrected chi connectivity index (χ2v) is 6.13. The fourth-order valence-electron chi connectivity index (χ4n) is 2.31. The summed E-state index contributed by atoms with van der Waals surface area (Å²) in [6.45, 7) is 2.28. The molecule has 0 spiro atoms. The predicted molar refractivity (Wildman–Crippen MR) is 85.5 cm³/mol. The fraction of sp³-hybridized carbons (Fsp3) is 0.357. The van der Waals surface area contributed by atoms with Crippen LogP contribution in [-0.4, -0.2) is 42.2 Å². The molecule has 2 aromatic rings. The lowest BCUT2D eigenvalue weighted by Gasteiger charge is -2.27. The summed E-state index contributed by atoms with van der Waals surface area (Å²) in [6, 6.07) is 2.20. The molecule has 0 radical (unpaired) electrons. The van der Waals surface area contributed by atoms with E-state index >= 15 is 0 Å². The average molecular weight is 373 g/mol. The van der Waals surface area contributed by atoms with E-state index in [1.165, 1.54) is 17.4 Å². The van der Waals surface area contributed by atoms with Crippen molar-refractivity contribution < 1.29 is 22.7 Å².